The first kappa shape index (κ1) is 15.0. The van der Waals surface area contributed by atoms with Crippen LogP contribution in [-0.2, 0) is 10.0 Å². The fraction of sp³-hybridized carbons (Fsp3) is 0.143. The molecule has 6 nitrogen and oxygen atoms in total. The lowest BCUT2D eigenvalue weighted by atomic mass is 10.2. The van der Waals surface area contributed by atoms with Gasteiger partial charge in [0.15, 0.2) is 0 Å². The van der Waals surface area contributed by atoms with Crippen LogP contribution in [0.3, 0.4) is 0 Å². The molecule has 1 aromatic carbocycles. The number of carbonyl (C=O) groups excluding carboxylic acids is 1. The summed E-state index contributed by atoms with van der Waals surface area (Å²) in [4.78, 5) is 15.9. The van der Waals surface area contributed by atoms with Crippen molar-refractivity contribution in [3.05, 3.63) is 54.2 Å². The van der Waals surface area contributed by atoms with Gasteiger partial charge in [0.05, 0.1) is 17.6 Å². The van der Waals surface area contributed by atoms with Crippen molar-refractivity contribution in [2.75, 3.05) is 15.8 Å². The van der Waals surface area contributed by atoms with Crippen molar-refractivity contribution in [2.24, 2.45) is 0 Å². The summed E-state index contributed by atoms with van der Waals surface area (Å²) in [6.45, 7) is 1.54. The van der Waals surface area contributed by atoms with Crippen molar-refractivity contribution < 1.29 is 13.2 Å². The first-order valence-electron chi connectivity index (χ1n) is 6.33. The zero-order chi connectivity index (χ0) is 15.3. The molecule has 110 valence electrons. The van der Waals surface area contributed by atoms with E-state index in [4.69, 9.17) is 0 Å². The van der Waals surface area contributed by atoms with Gasteiger partial charge in [0.25, 0.3) is 5.91 Å². The number of aromatic nitrogens is 1. The van der Waals surface area contributed by atoms with E-state index < -0.39 is 10.0 Å². The molecule has 0 saturated carbocycles. The zero-order valence-electron chi connectivity index (χ0n) is 11.4. The summed E-state index contributed by atoms with van der Waals surface area (Å²) in [6.07, 6.45) is 1.40. The number of hydrogen-bond donors (Lipinski definition) is 2. The summed E-state index contributed by atoms with van der Waals surface area (Å²) < 4.78 is 25.1. The molecular formula is C14H15N3O3S. The average Bonchev–Trinajstić information content (AvgIpc) is 2.50. The molecule has 0 fully saturated rings. The number of nitrogens with one attached hydrogen (secondary N) is 2. The number of hydrogen-bond acceptors (Lipinski definition) is 4. The molecule has 0 aliphatic carbocycles. The number of nitrogens with zero attached hydrogens (tertiary/aromatic N) is 1. The Morgan fingerprint density at radius 3 is 2.43 bits per heavy atom. The fourth-order valence-corrected chi connectivity index (χ4v) is 2.14. The maximum atomic E-state index is 11.9. The number of anilines is 2. The molecule has 7 heteroatoms. The quantitative estimate of drug-likeness (QED) is 0.885. The molecule has 0 saturated heterocycles. The summed E-state index contributed by atoms with van der Waals surface area (Å²) in [5, 5.41) is 2.68. The second kappa shape index (κ2) is 6.36. The molecular weight excluding hydrogens is 290 g/mol. The van der Waals surface area contributed by atoms with Crippen LogP contribution >= 0.6 is 0 Å². The Balaban J connectivity index is 2.05. The Morgan fingerprint density at radius 1 is 1.14 bits per heavy atom. The van der Waals surface area contributed by atoms with Gasteiger partial charge in [-0.25, -0.2) is 13.4 Å². The molecule has 0 atom stereocenters. The number of pyridine rings is 1. The Hall–Kier alpha value is -2.41. The van der Waals surface area contributed by atoms with Gasteiger partial charge in [-0.05, 0) is 31.2 Å². The molecule has 0 spiro atoms. The van der Waals surface area contributed by atoms with Crippen molar-refractivity contribution in [3.63, 3.8) is 0 Å². The lowest BCUT2D eigenvalue weighted by Crippen LogP contribution is -2.16. The average molecular weight is 305 g/mol. The minimum atomic E-state index is -3.35. The molecule has 2 aromatic rings. The predicted molar refractivity (Wildman–Crippen MR) is 81.7 cm³/mol. The maximum Gasteiger partial charge on any atom is 0.255 e. The Kier molecular flexibility index (Phi) is 4.54. The molecule has 0 radical (unpaired) electrons. The second-order valence-electron chi connectivity index (χ2n) is 4.26. The van der Waals surface area contributed by atoms with E-state index in [9.17, 15) is 13.2 Å². The van der Waals surface area contributed by atoms with Gasteiger partial charge in [-0.15, -0.1) is 0 Å². The van der Waals surface area contributed by atoms with Gasteiger partial charge < -0.3 is 5.32 Å². The molecule has 1 amide bonds. The highest BCUT2D eigenvalue weighted by molar-refractivity contribution is 7.92. The smallest absolute Gasteiger partial charge is 0.255 e. The van der Waals surface area contributed by atoms with Crippen LogP contribution in [0.1, 0.15) is 17.3 Å². The largest absolute Gasteiger partial charge is 0.321 e. The first-order chi connectivity index (χ1) is 10.00. The van der Waals surface area contributed by atoms with Gasteiger partial charge in [-0.3, -0.25) is 9.52 Å². The molecule has 0 aliphatic rings. The van der Waals surface area contributed by atoms with Crippen LogP contribution in [-0.4, -0.2) is 25.1 Å². The SMILES string of the molecule is CCS(=O)(=O)Nc1ccc(NC(=O)c2ccccc2)cn1. The van der Waals surface area contributed by atoms with E-state index in [2.05, 4.69) is 15.0 Å². The number of amides is 1. The normalized spacial score (nSPS) is 10.9. The van der Waals surface area contributed by atoms with Crippen molar-refractivity contribution in [1.82, 2.24) is 4.98 Å². The van der Waals surface area contributed by atoms with E-state index in [1.54, 1.807) is 30.3 Å². The highest BCUT2D eigenvalue weighted by atomic mass is 32.2. The second-order valence-corrected chi connectivity index (χ2v) is 6.27. The van der Waals surface area contributed by atoms with E-state index in [1.165, 1.54) is 19.2 Å². The van der Waals surface area contributed by atoms with Crippen LogP contribution in [0.5, 0.6) is 0 Å². The monoisotopic (exact) mass is 305 g/mol. The lowest BCUT2D eigenvalue weighted by molar-refractivity contribution is 0.102. The van der Waals surface area contributed by atoms with Crippen molar-refractivity contribution >= 4 is 27.4 Å². The highest BCUT2D eigenvalue weighted by Crippen LogP contribution is 2.12. The Morgan fingerprint density at radius 2 is 1.86 bits per heavy atom. The number of rotatable bonds is 5. The number of sulfonamides is 1. The first-order valence-corrected chi connectivity index (χ1v) is 7.98. The van der Waals surface area contributed by atoms with E-state index in [0.717, 1.165) is 0 Å². The van der Waals surface area contributed by atoms with Gasteiger partial charge in [-0.2, -0.15) is 0 Å². The number of carbonyl (C=O) groups is 1. The third kappa shape index (κ3) is 4.28. The predicted octanol–water partition coefficient (Wildman–Crippen LogP) is 2.10. The van der Waals surface area contributed by atoms with E-state index in [0.29, 0.717) is 11.3 Å². The van der Waals surface area contributed by atoms with Gasteiger partial charge in [0, 0.05) is 5.56 Å². The highest BCUT2D eigenvalue weighted by Gasteiger charge is 2.08. The molecule has 1 heterocycles. The summed E-state index contributed by atoms with van der Waals surface area (Å²) in [6, 6.07) is 11.9. The van der Waals surface area contributed by atoms with Gasteiger partial charge in [0.2, 0.25) is 10.0 Å². The maximum absolute atomic E-state index is 11.9. The standard InChI is InChI=1S/C14H15N3O3S/c1-2-21(19,20)17-13-9-8-12(10-15-13)16-14(18)11-6-4-3-5-7-11/h3-10H,2H2,1H3,(H,15,17)(H,16,18). The van der Waals surface area contributed by atoms with Crippen molar-refractivity contribution in [3.8, 4) is 0 Å². The van der Waals surface area contributed by atoms with Crippen molar-refractivity contribution in [2.45, 2.75) is 6.92 Å². The number of benzene rings is 1. The molecule has 21 heavy (non-hydrogen) atoms. The van der Waals surface area contributed by atoms with Crippen LogP contribution in [0.15, 0.2) is 48.7 Å². The lowest BCUT2D eigenvalue weighted by Gasteiger charge is -2.07. The molecule has 2 rings (SSSR count). The van der Waals surface area contributed by atoms with Crippen LogP contribution in [0.25, 0.3) is 0 Å². The van der Waals surface area contributed by atoms with Crippen LogP contribution in [0, 0.1) is 0 Å². The molecule has 0 unspecified atom stereocenters. The van der Waals surface area contributed by atoms with Crippen molar-refractivity contribution in [1.29, 1.82) is 0 Å². The molecule has 0 aliphatic heterocycles. The minimum absolute atomic E-state index is 0.0266. The third-order valence-electron chi connectivity index (χ3n) is 2.70. The molecule has 1 aromatic heterocycles. The van der Waals surface area contributed by atoms with E-state index in [1.807, 2.05) is 6.07 Å². The zero-order valence-corrected chi connectivity index (χ0v) is 12.2. The summed E-state index contributed by atoms with van der Waals surface area (Å²) >= 11 is 0. The Bertz CT molecular complexity index is 713. The third-order valence-corrected chi connectivity index (χ3v) is 3.98. The fourth-order valence-electron chi connectivity index (χ4n) is 1.55. The van der Waals surface area contributed by atoms with E-state index >= 15 is 0 Å². The molecule has 2 N–H and O–H groups in total. The topological polar surface area (TPSA) is 88.2 Å². The van der Waals surface area contributed by atoms with Crippen LogP contribution in [0.2, 0.25) is 0 Å². The van der Waals surface area contributed by atoms with Gasteiger partial charge >= 0.3 is 0 Å². The van der Waals surface area contributed by atoms with Gasteiger partial charge in [-0.1, -0.05) is 18.2 Å². The Labute approximate surface area is 123 Å². The summed E-state index contributed by atoms with van der Waals surface area (Å²) in [7, 11) is -3.35. The summed E-state index contributed by atoms with van der Waals surface area (Å²) in [5.41, 5.74) is 1.02. The van der Waals surface area contributed by atoms with Gasteiger partial charge in [0.1, 0.15) is 5.82 Å². The summed E-state index contributed by atoms with van der Waals surface area (Å²) in [5.74, 6) is -0.0601. The van der Waals surface area contributed by atoms with Crippen LogP contribution < -0.4 is 10.0 Å². The minimum Gasteiger partial charge on any atom is -0.321 e. The van der Waals surface area contributed by atoms with Crippen LogP contribution in [0.4, 0.5) is 11.5 Å². The molecule has 0 bridgehead atoms. The van der Waals surface area contributed by atoms with E-state index in [-0.39, 0.29) is 17.5 Å².